The van der Waals surface area contributed by atoms with Gasteiger partial charge in [-0.1, -0.05) is 243 Å². The van der Waals surface area contributed by atoms with Crippen molar-refractivity contribution in [2.75, 3.05) is 0 Å². The van der Waals surface area contributed by atoms with Crippen molar-refractivity contribution in [3.63, 3.8) is 0 Å². The van der Waals surface area contributed by atoms with E-state index in [1.807, 2.05) is 12.1 Å². The molecule has 0 spiro atoms. The number of para-hydroxylation sites is 10. The molecule has 0 saturated heterocycles. The number of nitrogens with zero attached hydrogens (tertiary/aromatic N) is 8. The summed E-state index contributed by atoms with van der Waals surface area (Å²) >= 11 is 0. The van der Waals surface area contributed by atoms with Crippen LogP contribution in [0.15, 0.2) is 303 Å². The van der Waals surface area contributed by atoms with Gasteiger partial charge in [-0.25, -0.2) is 15.0 Å². The summed E-state index contributed by atoms with van der Waals surface area (Å²) in [4.78, 5) is 17.4. The summed E-state index contributed by atoms with van der Waals surface area (Å²) in [6, 6.07) is 110. The van der Waals surface area contributed by atoms with E-state index in [1.165, 1.54) is 0 Å². The molecular formula is C81H50N8. The summed E-state index contributed by atoms with van der Waals surface area (Å²) in [5.41, 5.74) is 17.6. The number of aromatic nitrogens is 8. The van der Waals surface area contributed by atoms with Crippen LogP contribution in [0.2, 0.25) is 0 Å². The number of hydrogen-bond acceptors (Lipinski definition) is 3. The lowest BCUT2D eigenvalue weighted by molar-refractivity contribution is 0.989. The van der Waals surface area contributed by atoms with Crippen LogP contribution in [0.1, 0.15) is 0 Å². The summed E-state index contributed by atoms with van der Waals surface area (Å²) in [6.45, 7) is 0. The van der Waals surface area contributed by atoms with E-state index in [0.717, 1.165) is 154 Å². The van der Waals surface area contributed by atoms with Crippen molar-refractivity contribution in [2.24, 2.45) is 0 Å². The topological polar surface area (TPSA) is 63.3 Å². The minimum absolute atomic E-state index is 0.504. The molecule has 414 valence electrons. The fourth-order valence-electron chi connectivity index (χ4n) is 14.7. The van der Waals surface area contributed by atoms with Crippen LogP contribution in [-0.2, 0) is 0 Å². The van der Waals surface area contributed by atoms with E-state index in [1.54, 1.807) is 0 Å². The Hall–Kier alpha value is -12.1. The van der Waals surface area contributed by atoms with Gasteiger partial charge in [-0.15, -0.1) is 0 Å². The molecule has 0 atom stereocenters. The molecule has 0 bridgehead atoms. The third-order valence-electron chi connectivity index (χ3n) is 18.3. The molecule has 6 heterocycles. The SMILES string of the molecule is c1ccc(-c2nc(-c3ccccc3)nc(-c3c(-n4c5ccccc5c5ccccc54)c(-n4c5ccccc5c5ccccc54)c(-n4c5ccccc5c5ccccc54)c(-n4c5ccccc5c5ccccc54)c3-n3c4ccccc4c4ccccc43)n2)cc1. The van der Waals surface area contributed by atoms with Crippen molar-refractivity contribution >= 4 is 109 Å². The largest absolute Gasteiger partial charge is 0.306 e. The van der Waals surface area contributed by atoms with E-state index < -0.39 is 0 Å². The highest BCUT2D eigenvalue weighted by Gasteiger charge is 2.38. The van der Waals surface area contributed by atoms with Gasteiger partial charge in [-0.3, -0.25) is 0 Å². The zero-order valence-electron chi connectivity index (χ0n) is 47.9. The highest BCUT2D eigenvalue weighted by molar-refractivity contribution is 6.19. The molecule has 19 aromatic rings. The Kier molecular flexibility index (Phi) is 10.6. The summed E-state index contributed by atoms with van der Waals surface area (Å²) in [7, 11) is 0. The lowest BCUT2D eigenvalue weighted by Crippen LogP contribution is -2.19. The molecule has 0 radical (unpaired) electrons. The highest BCUT2D eigenvalue weighted by atomic mass is 15.2. The number of rotatable bonds is 8. The molecule has 13 aromatic carbocycles. The molecular weight excluding hydrogens is 1080 g/mol. The van der Waals surface area contributed by atoms with Crippen LogP contribution in [0, 0.1) is 0 Å². The number of benzene rings is 13. The van der Waals surface area contributed by atoms with Crippen LogP contribution in [0.3, 0.4) is 0 Å². The first-order chi connectivity index (χ1) is 44.2. The Morgan fingerprint density at radius 2 is 0.326 bits per heavy atom. The van der Waals surface area contributed by atoms with Gasteiger partial charge >= 0.3 is 0 Å². The van der Waals surface area contributed by atoms with Crippen molar-refractivity contribution in [3.05, 3.63) is 303 Å². The molecule has 6 aromatic heterocycles. The van der Waals surface area contributed by atoms with Gasteiger partial charge in [0.25, 0.3) is 0 Å². The average molecular weight is 1140 g/mol. The zero-order chi connectivity index (χ0) is 58.3. The molecule has 19 rings (SSSR count). The zero-order valence-corrected chi connectivity index (χ0v) is 47.9. The van der Waals surface area contributed by atoms with Gasteiger partial charge in [0.1, 0.15) is 0 Å². The summed E-state index contributed by atoms with van der Waals surface area (Å²) < 4.78 is 12.8. The first-order valence-corrected chi connectivity index (χ1v) is 30.3. The minimum Gasteiger partial charge on any atom is -0.306 e. The smallest absolute Gasteiger partial charge is 0.168 e. The Labute approximate surface area is 509 Å². The number of hydrogen-bond donors (Lipinski definition) is 0. The summed E-state index contributed by atoms with van der Waals surface area (Å²) in [5.74, 6) is 1.61. The van der Waals surface area contributed by atoms with Gasteiger partial charge in [0.2, 0.25) is 0 Å². The van der Waals surface area contributed by atoms with Crippen molar-refractivity contribution in [3.8, 4) is 62.6 Å². The minimum atomic E-state index is 0.504. The van der Waals surface area contributed by atoms with E-state index in [2.05, 4.69) is 314 Å². The van der Waals surface area contributed by atoms with Crippen molar-refractivity contribution in [2.45, 2.75) is 0 Å². The summed E-state index contributed by atoms with van der Waals surface area (Å²) in [5, 5.41) is 11.3. The second kappa shape index (κ2) is 19.2. The first kappa shape index (κ1) is 49.2. The van der Waals surface area contributed by atoms with Crippen molar-refractivity contribution in [1.82, 2.24) is 37.8 Å². The average Bonchev–Trinajstić information content (AvgIpc) is 1.61. The quantitative estimate of drug-likeness (QED) is 0.152. The molecule has 0 N–H and O–H groups in total. The van der Waals surface area contributed by atoms with E-state index in [9.17, 15) is 0 Å². The maximum Gasteiger partial charge on any atom is 0.168 e. The molecule has 89 heavy (non-hydrogen) atoms. The van der Waals surface area contributed by atoms with Gasteiger partial charge in [0.15, 0.2) is 17.5 Å². The molecule has 8 nitrogen and oxygen atoms in total. The lowest BCUT2D eigenvalue weighted by atomic mass is 9.99. The molecule has 0 saturated carbocycles. The van der Waals surface area contributed by atoms with Crippen molar-refractivity contribution in [1.29, 1.82) is 0 Å². The van der Waals surface area contributed by atoms with Gasteiger partial charge in [0.05, 0.1) is 89.2 Å². The van der Waals surface area contributed by atoms with E-state index in [4.69, 9.17) is 15.0 Å². The Balaban J connectivity index is 1.22. The van der Waals surface area contributed by atoms with Gasteiger partial charge in [-0.2, -0.15) is 0 Å². The second-order valence-corrected chi connectivity index (χ2v) is 23.0. The molecule has 0 fully saturated rings. The fourth-order valence-corrected chi connectivity index (χ4v) is 14.7. The van der Waals surface area contributed by atoms with Gasteiger partial charge < -0.3 is 22.8 Å². The van der Waals surface area contributed by atoms with Crippen LogP contribution in [0.25, 0.3) is 172 Å². The van der Waals surface area contributed by atoms with Crippen LogP contribution < -0.4 is 0 Å². The molecule has 0 aliphatic heterocycles. The Bertz CT molecular complexity index is 5540. The molecule has 0 amide bonds. The second-order valence-electron chi connectivity index (χ2n) is 23.0. The molecule has 0 aliphatic rings. The van der Waals surface area contributed by atoms with Crippen LogP contribution in [0.5, 0.6) is 0 Å². The monoisotopic (exact) mass is 1130 g/mol. The predicted octanol–water partition coefficient (Wildman–Crippen LogP) is 20.4. The standard InChI is InChI=1S/C81H50N8/c1-3-27-51(28-4-1)79-82-80(52-29-5-2-6-30-52)84-81(83-79)73-74(85-63-41-17-7-31-53(63)54-32-8-18-42-64(54)85)76(87-67-45-21-11-35-57(67)58-36-12-22-46-68(58)87)78(89-71-49-25-15-39-61(71)62-40-16-26-50-72(62)89)77(88-69-47-23-13-37-59(69)60-38-14-24-48-70(60)88)75(73)86-65-43-19-9-33-55(65)56-34-10-20-44-66(56)86/h1-50H. The van der Waals surface area contributed by atoms with E-state index in [0.29, 0.717) is 17.5 Å². The van der Waals surface area contributed by atoms with Gasteiger partial charge in [0, 0.05) is 65.0 Å². The molecule has 0 aliphatic carbocycles. The number of fused-ring (bicyclic) bond motifs is 15. The van der Waals surface area contributed by atoms with E-state index in [-0.39, 0.29) is 0 Å². The van der Waals surface area contributed by atoms with Gasteiger partial charge in [-0.05, 0) is 60.7 Å². The normalized spacial score (nSPS) is 12.0. The molecule has 8 heteroatoms. The Morgan fingerprint density at radius 1 is 0.157 bits per heavy atom. The summed E-state index contributed by atoms with van der Waals surface area (Å²) in [6.07, 6.45) is 0. The third-order valence-corrected chi connectivity index (χ3v) is 18.3. The van der Waals surface area contributed by atoms with Crippen LogP contribution in [-0.4, -0.2) is 37.8 Å². The predicted molar refractivity (Wildman–Crippen MR) is 368 cm³/mol. The van der Waals surface area contributed by atoms with Crippen molar-refractivity contribution < 1.29 is 0 Å². The van der Waals surface area contributed by atoms with Crippen LogP contribution in [0.4, 0.5) is 0 Å². The first-order valence-electron chi connectivity index (χ1n) is 30.3. The lowest BCUT2D eigenvalue weighted by Gasteiger charge is -2.31. The van der Waals surface area contributed by atoms with Crippen LogP contribution >= 0.6 is 0 Å². The highest BCUT2D eigenvalue weighted by Crippen LogP contribution is 2.54. The van der Waals surface area contributed by atoms with E-state index >= 15 is 0 Å². The molecule has 0 unspecified atom stereocenters. The third kappa shape index (κ3) is 7.08. The maximum absolute atomic E-state index is 5.97. The maximum atomic E-state index is 5.97. The fraction of sp³-hybridized carbons (Fsp3) is 0. The Morgan fingerprint density at radius 3 is 0.551 bits per heavy atom.